The number of urea groups is 1. The molecular formula is C22H27N7O3. The Hall–Kier alpha value is -3.66. The van der Waals surface area contributed by atoms with Crippen LogP contribution in [0.1, 0.15) is 23.6 Å². The fourth-order valence-corrected chi connectivity index (χ4v) is 3.78. The van der Waals surface area contributed by atoms with Gasteiger partial charge in [0.15, 0.2) is 11.5 Å². The molecule has 1 atom stereocenters. The van der Waals surface area contributed by atoms with Crippen molar-refractivity contribution >= 4 is 17.4 Å². The molecule has 10 heteroatoms. The second-order valence-corrected chi connectivity index (χ2v) is 7.87. The molecule has 0 saturated carbocycles. The monoisotopic (exact) mass is 437 g/mol. The van der Waals surface area contributed by atoms with Crippen LogP contribution in [0.4, 0.5) is 10.5 Å². The van der Waals surface area contributed by atoms with Crippen LogP contribution in [-0.2, 0) is 0 Å². The van der Waals surface area contributed by atoms with Crippen LogP contribution in [0.25, 0.3) is 0 Å². The van der Waals surface area contributed by atoms with E-state index in [9.17, 15) is 9.90 Å². The number of primary amides is 1. The molecule has 3 N–H and O–H groups in total. The molecule has 10 nitrogen and oxygen atoms in total. The second-order valence-electron chi connectivity index (χ2n) is 7.87. The second kappa shape index (κ2) is 9.23. The molecular weight excluding hydrogens is 410 g/mol. The van der Waals surface area contributed by atoms with Crippen LogP contribution < -0.4 is 10.5 Å². The topological polar surface area (TPSA) is 119 Å². The molecule has 4 rings (SSSR count). The van der Waals surface area contributed by atoms with E-state index in [1.54, 1.807) is 18.2 Å². The zero-order valence-electron chi connectivity index (χ0n) is 18.2. The lowest BCUT2D eigenvalue weighted by atomic mass is 9.98. The fourth-order valence-electron chi connectivity index (χ4n) is 3.78. The van der Waals surface area contributed by atoms with Crippen molar-refractivity contribution in [2.75, 3.05) is 40.3 Å². The first kappa shape index (κ1) is 21.6. The van der Waals surface area contributed by atoms with E-state index in [4.69, 9.17) is 10.5 Å². The smallest absolute Gasteiger partial charge is 0.335 e. The molecule has 168 valence electrons. The molecule has 0 radical (unpaired) electrons. The number of hydrazone groups is 1. The molecule has 2 aromatic rings. The van der Waals surface area contributed by atoms with Gasteiger partial charge < -0.3 is 20.5 Å². The minimum absolute atomic E-state index is 0.00191. The Morgan fingerprint density at radius 2 is 1.88 bits per heavy atom. The Morgan fingerprint density at radius 3 is 2.50 bits per heavy atom. The van der Waals surface area contributed by atoms with Crippen molar-refractivity contribution in [1.29, 1.82) is 0 Å². The first-order valence-electron chi connectivity index (χ1n) is 10.4. The van der Waals surface area contributed by atoms with Gasteiger partial charge in [0.2, 0.25) is 0 Å². The predicted molar refractivity (Wildman–Crippen MR) is 120 cm³/mol. The first-order valence-corrected chi connectivity index (χ1v) is 10.4. The molecule has 32 heavy (non-hydrogen) atoms. The maximum Gasteiger partial charge on any atom is 0.335 e. The number of carbonyl (C=O) groups is 1. The van der Waals surface area contributed by atoms with E-state index in [0.717, 1.165) is 48.7 Å². The molecule has 0 bridgehead atoms. The number of hydrogen-bond acceptors (Lipinski definition) is 7. The van der Waals surface area contributed by atoms with Crippen molar-refractivity contribution in [2.45, 2.75) is 12.5 Å². The van der Waals surface area contributed by atoms with E-state index in [2.05, 4.69) is 27.4 Å². The molecule has 0 aromatic heterocycles. The molecule has 2 aliphatic rings. The number of amides is 2. The molecule has 2 aliphatic heterocycles. The number of hydrogen-bond donors (Lipinski definition) is 2. The van der Waals surface area contributed by atoms with Gasteiger partial charge in [0.25, 0.3) is 0 Å². The van der Waals surface area contributed by atoms with Gasteiger partial charge in [0.1, 0.15) is 0 Å². The number of nitrogens with two attached hydrogens (primary N) is 1. The Bertz CT molecular complexity index is 1030. The molecule has 0 aliphatic carbocycles. The summed E-state index contributed by atoms with van der Waals surface area (Å²) in [5.74, 6) is 0.359. The number of rotatable bonds is 5. The molecule has 2 amide bonds. The summed E-state index contributed by atoms with van der Waals surface area (Å²) in [4.78, 5) is 14.3. The van der Waals surface area contributed by atoms with Crippen LogP contribution in [0.5, 0.6) is 11.5 Å². The maximum absolute atomic E-state index is 12.0. The molecule has 1 unspecified atom stereocenters. The zero-order valence-corrected chi connectivity index (χ0v) is 18.2. The summed E-state index contributed by atoms with van der Waals surface area (Å²) < 4.78 is 5.10. The minimum atomic E-state index is -0.655. The third-order valence-corrected chi connectivity index (χ3v) is 5.69. The molecule has 1 saturated heterocycles. The van der Waals surface area contributed by atoms with Gasteiger partial charge in [-0.2, -0.15) is 5.10 Å². The fraction of sp³-hybridized carbons (Fsp3) is 0.364. The van der Waals surface area contributed by atoms with Crippen LogP contribution in [0.3, 0.4) is 0 Å². The van der Waals surface area contributed by atoms with Crippen molar-refractivity contribution in [3.05, 3.63) is 53.6 Å². The van der Waals surface area contributed by atoms with Crippen molar-refractivity contribution < 1.29 is 14.6 Å². The van der Waals surface area contributed by atoms with Crippen LogP contribution in [0.15, 0.2) is 57.9 Å². The highest BCUT2D eigenvalue weighted by molar-refractivity contribution is 6.03. The molecule has 1 fully saturated rings. The summed E-state index contributed by atoms with van der Waals surface area (Å²) in [5, 5.41) is 26.4. The summed E-state index contributed by atoms with van der Waals surface area (Å²) in [6, 6.07) is 11.5. The highest BCUT2D eigenvalue weighted by atomic mass is 16.5. The number of benzene rings is 2. The predicted octanol–water partition coefficient (Wildman–Crippen LogP) is 2.88. The first-order chi connectivity index (χ1) is 15.4. The van der Waals surface area contributed by atoms with Crippen LogP contribution >= 0.6 is 0 Å². The van der Waals surface area contributed by atoms with Crippen molar-refractivity contribution in [2.24, 2.45) is 21.2 Å². The Morgan fingerprint density at radius 1 is 1.16 bits per heavy atom. The third-order valence-electron chi connectivity index (χ3n) is 5.69. The summed E-state index contributed by atoms with van der Waals surface area (Å²) in [7, 11) is 3.58. The number of phenolic OH excluding ortho intramolecular Hbond substituents is 1. The number of carbonyl (C=O) groups excluding carboxylic acids is 1. The van der Waals surface area contributed by atoms with Crippen molar-refractivity contribution in [1.82, 2.24) is 14.9 Å². The number of likely N-dealkylation sites (N-methyl/N-ethyl adjacent to an activating group) is 1. The lowest BCUT2D eigenvalue weighted by Gasteiger charge is -2.29. The van der Waals surface area contributed by atoms with Gasteiger partial charge in [0, 0.05) is 19.5 Å². The van der Waals surface area contributed by atoms with Gasteiger partial charge in [0.05, 0.1) is 37.6 Å². The summed E-state index contributed by atoms with van der Waals surface area (Å²) in [5.41, 5.74) is 8.63. The summed E-state index contributed by atoms with van der Waals surface area (Å²) >= 11 is 0. The molecule has 2 heterocycles. The van der Waals surface area contributed by atoms with E-state index in [-0.39, 0.29) is 5.75 Å². The number of ether oxygens (including phenoxy) is 1. The van der Waals surface area contributed by atoms with Gasteiger partial charge in [-0.1, -0.05) is 23.4 Å². The standard InChI is InChI=1S/C22H27N7O3/c1-27-9-11-28(12-10-27)26-24-17-6-3-15(4-7-17)18-14-19(29(25-18)22(23)31)16-5-8-21(32-2)20(30)13-16/h3-8,13,19,30H,9-12,14H2,1-2H3,(H2,23,31). The highest BCUT2D eigenvalue weighted by Gasteiger charge is 2.32. The minimum Gasteiger partial charge on any atom is -0.504 e. The highest BCUT2D eigenvalue weighted by Crippen LogP contribution is 2.36. The number of aromatic hydroxyl groups is 1. The largest absolute Gasteiger partial charge is 0.504 e. The SMILES string of the molecule is COc1ccc(C2CC(c3ccc(N=NN4CCN(C)CC4)cc3)=NN2C(N)=O)cc1O. The lowest BCUT2D eigenvalue weighted by molar-refractivity contribution is 0.150. The van der Waals surface area contributed by atoms with E-state index in [1.807, 2.05) is 29.3 Å². The Labute approximate surface area is 186 Å². The number of phenols is 1. The Kier molecular flexibility index (Phi) is 6.22. The molecule has 0 spiro atoms. The Balaban J connectivity index is 1.48. The van der Waals surface area contributed by atoms with Gasteiger partial charge in [-0.3, -0.25) is 5.01 Å². The van der Waals surface area contributed by atoms with Gasteiger partial charge >= 0.3 is 6.03 Å². The maximum atomic E-state index is 12.0. The number of methoxy groups -OCH3 is 1. The average molecular weight is 438 g/mol. The van der Waals surface area contributed by atoms with E-state index < -0.39 is 12.1 Å². The molecule has 2 aromatic carbocycles. The summed E-state index contributed by atoms with van der Waals surface area (Å²) in [6.45, 7) is 3.67. The van der Waals surface area contributed by atoms with E-state index in [0.29, 0.717) is 12.2 Å². The van der Waals surface area contributed by atoms with Crippen LogP contribution in [0.2, 0.25) is 0 Å². The normalized spacial score (nSPS) is 19.4. The van der Waals surface area contributed by atoms with Crippen molar-refractivity contribution in [3.8, 4) is 11.5 Å². The average Bonchev–Trinajstić information content (AvgIpc) is 3.25. The van der Waals surface area contributed by atoms with Gasteiger partial charge in [-0.15, -0.1) is 5.11 Å². The number of piperazine rings is 1. The van der Waals surface area contributed by atoms with E-state index >= 15 is 0 Å². The summed E-state index contributed by atoms with van der Waals surface area (Å²) in [6.07, 6.45) is 0.469. The van der Waals surface area contributed by atoms with Crippen LogP contribution in [-0.4, -0.2) is 72.1 Å². The number of nitrogens with zero attached hydrogens (tertiary/aromatic N) is 6. The third kappa shape index (κ3) is 4.65. The quantitative estimate of drug-likeness (QED) is 0.697. The van der Waals surface area contributed by atoms with E-state index in [1.165, 1.54) is 12.1 Å². The van der Waals surface area contributed by atoms with Crippen LogP contribution in [0, 0.1) is 0 Å². The van der Waals surface area contributed by atoms with Gasteiger partial charge in [-0.25, -0.2) is 9.80 Å². The lowest BCUT2D eigenvalue weighted by Crippen LogP contribution is -2.41. The van der Waals surface area contributed by atoms with Crippen molar-refractivity contribution in [3.63, 3.8) is 0 Å². The van der Waals surface area contributed by atoms with Gasteiger partial charge in [-0.05, 0) is 42.4 Å². The zero-order chi connectivity index (χ0) is 22.7.